The number of hydrogen-bond acceptors (Lipinski definition) is 5. The second-order valence-corrected chi connectivity index (χ2v) is 6.17. The number of aryl methyl sites for hydroxylation is 1. The van der Waals surface area contributed by atoms with Crippen molar-refractivity contribution in [2.75, 3.05) is 0 Å². The summed E-state index contributed by atoms with van der Waals surface area (Å²) >= 11 is 1.39. The molecule has 3 rings (SSSR count). The molecule has 3 N–H and O–H groups in total. The average molecular weight is 402 g/mol. The molecule has 2 heterocycles. The molecule has 0 fully saturated rings. The molecule has 6 nitrogen and oxygen atoms in total. The first-order valence-corrected chi connectivity index (χ1v) is 8.42. The van der Waals surface area contributed by atoms with E-state index in [9.17, 15) is 4.79 Å². The lowest BCUT2D eigenvalue weighted by Crippen LogP contribution is -2.29. The van der Waals surface area contributed by atoms with E-state index in [4.69, 9.17) is 5.73 Å². The van der Waals surface area contributed by atoms with Gasteiger partial charge < -0.3 is 15.6 Å². The molecular formula is C16H21Cl2N5OS. The van der Waals surface area contributed by atoms with Gasteiger partial charge in [0.2, 0.25) is 0 Å². The predicted molar refractivity (Wildman–Crippen MR) is 106 cm³/mol. The van der Waals surface area contributed by atoms with Crippen molar-refractivity contribution in [3.05, 3.63) is 46.2 Å². The second-order valence-electron chi connectivity index (χ2n) is 5.23. The number of hydrogen-bond donors (Lipinski definition) is 2. The monoisotopic (exact) mass is 401 g/mol. The lowest BCUT2D eigenvalue weighted by Gasteiger charge is -2.14. The highest BCUT2D eigenvalue weighted by Gasteiger charge is 2.19. The number of thiazole rings is 1. The summed E-state index contributed by atoms with van der Waals surface area (Å²) in [5.41, 5.74) is 7.95. The summed E-state index contributed by atoms with van der Waals surface area (Å²) < 4.78 is 2.12. The molecule has 3 aromatic rings. The van der Waals surface area contributed by atoms with Crippen molar-refractivity contribution in [3.63, 3.8) is 0 Å². The van der Waals surface area contributed by atoms with Gasteiger partial charge in [-0.15, -0.1) is 36.2 Å². The van der Waals surface area contributed by atoms with Crippen molar-refractivity contribution < 1.29 is 4.79 Å². The summed E-state index contributed by atoms with van der Waals surface area (Å²) in [7, 11) is 0. The van der Waals surface area contributed by atoms with Gasteiger partial charge in [0.1, 0.15) is 16.5 Å². The Balaban J connectivity index is 0.00000156. The molecule has 1 aromatic carbocycles. The molecule has 25 heavy (non-hydrogen) atoms. The number of carbonyl (C=O) groups excluding carboxylic acids is 1. The van der Waals surface area contributed by atoms with Crippen LogP contribution in [0.25, 0.3) is 11.0 Å². The van der Waals surface area contributed by atoms with Crippen LogP contribution >= 0.6 is 36.2 Å². The summed E-state index contributed by atoms with van der Waals surface area (Å²) in [5, 5.41) is 5.45. The standard InChI is InChI=1S/C16H19N5OS.2ClH/c1-3-21-13-7-5-4-6-11(13)20-15(21)10(2)18-16(22)12-9-23-14(8-17)19-12;;/h4-7,9-10H,3,8,17H2,1-2H3,(H,18,22);2*1H. The summed E-state index contributed by atoms with van der Waals surface area (Å²) in [4.78, 5) is 21.2. The number of nitrogens with one attached hydrogen (secondary N) is 1. The maximum absolute atomic E-state index is 12.3. The number of nitrogens with zero attached hydrogens (tertiary/aromatic N) is 3. The third-order valence-electron chi connectivity index (χ3n) is 3.69. The van der Waals surface area contributed by atoms with E-state index in [-0.39, 0.29) is 36.8 Å². The number of aromatic nitrogens is 3. The van der Waals surface area contributed by atoms with Crippen LogP contribution in [0.2, 0.25) is 0 Å². The zero-order chi connectivity index (χ0) is 16.4. The van der Waals surface area contributed by atoms with Crippen molar-refractivity contribution in [3.8, 4) is 0 Å². The number of rotatable bonds is 5. The van der Waals surface area contributed by atoms with Crippen LogP contribution < -0.4 is 11.1 Å². The third-order valence-corrected chi connectivity index (χ3v) is 4.57. The van der Waals surface area contributed by atoms with Gasteiger partial charge >= 0.3 is 0 Å². The molecule has 0 saturated heterocycles. The number of benzene rings is 1. The Labute approximate surface area is 162 Å². The molecule has 1 unspecified atom stereocenters. The molecule has 0 aliphatic rings. The van der Waals surface area contributed by atoms with Crippen molar-refractivity contribution in [1.82, 2.24) is 19.9 Å². The fraction of sp³-hybridized carbons (Fsp3) is 0.312. The predicted octanol–water partition coefficient (Wildman–Crippen LogP) is 3.31. The first-order chi connectivity index (χ1) is 11.1. The van der Waals surface area contributed by atoms with Gasteiger partial charge in [-0.1, -0.05) is 12.1 Å². The Morgan fingerprint density at radius 3 is 2.68 bits per heavy atom. The second kappa shape index (κ2) is 9.15. The van der Waals surface area contributed by atoms with Crippen LogP contribution in [0.3, 0.4) is 0 Å². The van der Waals surface area contributed by atoms with E-state index in [0.717, 1.165) is 28.4 Å². The molecule has 0 bridgehead atoms. The van der Waals surface area contributed by atoms with E-state index in [2.05, 4.69) is 26.8 Å². The molecule has 2 aromatic heterocycles. The van der Waals surface area contributed by atoms with Crippen LogP contribution in [-0.2, 0) is 13.1 Å². The molecule has 0 aliphatic carbocycles. The maximum Gasteiger partial charge on any atom is 0.271 e. The van der Waals surface area contributed by atoms with E-state index < -0.39 is 0 Å². The number of imidazole rings is 1. The van der Waals surface area contributed by atoms with Crippen molar-refractivity contribution in [2.45, 2.75) is 33.0 Å². The first-order valence-electron chi connectivity index (χ1n) is 7.54. The minimum absolute atomic E-state index is 0. The SMILES string of the molecule is CCn1c(C(C)NC(=O)c2csc(CN)n2)nc2ccccc21.Cl.Cl. The molecule has 9 heteroatoms. The highest BCUT2D eigenvalue weighted by atomic mass is 35.5. The number of amides is 1. The molecule has 136 valence electrons. The fourth-order valence-electron chi connectivity index (χ4n) is 2.60. The summed E-state index contributed by atoms with van der Waals surface area (Å²) in [6.45, 7) is 5.14. The summed E-state index contributed by atoms with van der Waals surface area (Å²) in [6, 6.07) is 7.77. The minimum Gasteiger partial charge on any atom is -0.341 e. The maximum atomic E-state index is 12.3. The highest BCUT2D eigenvalue weighted by molar-refractivity contribution is 7.09. The quantitative estimate of drug-likeness (QED) is 0.686. The fourth-order valence-corrected chi connectivity index (χ4v) is 3.26. The van der Waals surface area contributed by atoms with Gasteiger partial charge in [-0.05, 0) is 26.0 Å². The third kappa shape index (κ3) is 4.30. The largest absolute Gasteiger partial charge is 0.341 e. The van der Waals surface area contributed by atoms with E-state index in [0.29, 0.717) is 12.2 Å². The van der Waals surface area contributed by atoms with Gasteiger partial charge in [0.15, 0.2) is 0 Å². The van der Waals surface area contributed by atoms with E-state index in [1.807, 2.05) is 31.2 Å². The number of nitrogens with two attached hydrogens (primary N) is 1. The van der Waals surface area contributed by atoms with Crippen LogP contribution in [0.5, 0.6) is 0 Å². The van der Waals surface area contributed by atoms with Gasteiger partial charge in [0, 0.05) is 18.5 Å². The number of halogens is 2. The van der Waals surface area contributed by atoms with Crippen molar-refractivity contribution in [1.29, 1.82) is 0 Å². The lowest BCUT2D eigenvalue weighted by atomic mass is 10.3. The Morgan fingerprint density at radius 1 is 1.32 bits per heavy atom. The molecule has 0 saturated carbocycles. The van der Waals surface area contributed by atoms with E-state index >= 15 is 0 Å². The van der Waals surface area contributed by atoms with Crippen LogP contribution in [-0.4, -0.2) is 20.4 Å². The van der Waals surface area contributed by atoms with Gasteiger partial charge in [-0.25, -0.2) is 9.97 Å². The molecule has 0 radical (unpaired) electrons. The number of carbonyl (C=O) groups is 1. The van der Waals surface area contributed by atoms with Crippen molar-refractivity contribution in [2.24, 2.45) is 5.73 Å². The molecule has 0 spiro atoms. The normalized spacial score (nSPS) is 11.5. The number of para-hydroxylation sites is 2. The molecule has 1 amide bonds. The lowest BCUT2D eigenvalue weighted by molar-refractivity contribution is 0.0933. The molecule has 1 atom stereocenters. The van der Waals surface area contributed by atoms with Gasteiger partial charge in [-0.3, -0.25) is 4.79 Å². The van der Waals surface area contributed by atoms with E-state index in [1.165, 1.54) is 11.3 Å². The smallest absolute Gasteiger partial charge is 0.271 e. The summed E-state index contributed by atoms with van der Waals surface area (Å²) in [5.74, 6) is 0.638. The van der Waals surface area contributed by atoms with Crippen LogP contribution in [0, 0.1) is 0 Å². The Bertz CT molecular complexity index is 848. The first kappa shape index (κ1) is 21.4. The Morgan fingerprint density at radius 2 is 2.04 bits per heavy atom. The van der Waals surface area contributed by atoms with E-state index in [1.54, 1.807) is 5.38 Å². The molecule has 0 aliphatic heterocycles. The van der Waals surface area contributed by atoms with Gasteiger partial charge in [0.25, 0.3) is 5.91 Å². The Hall–Kier alpha value is -1.67. The zero-order valence-corrected chi connectivity index (χ0v) is 16.4. The highest BCUT2D eigenvalue weighted by Crippen LogP contribution is 2.21. The molecular weight excluding hydrogens is 381 g/mol. The van der Waals surface area contributed by atoms with Crippen molar-refractivity contribution >= 4 is 53.1 Å². The van der Waals surface area contributed by atoms with Crippen LogP contribution in [0.15, 0.2) is 29.6 Å². The van der Waals surface area contributed by atoms with Gasteiger partial charge in [-0.2, -0.15) is 0 Å². The number of fused-ring (bicyclic) bond motifs is 1. The Kier molecular flexibility index (Phi) is 7.82. The zero-order valence-electron chi connectivity index (χ0n) is 13.9. The van der Waals surface area contributed by atoms with Gasteiger partial charge in [0.05, 0.1) is 17.1 Å². The summed E-state index contributed by atoms with van der Waals surface area (Å²) in [6.07, 6.45) is 0. The minimum atomic E-state index is -0.210. The van der Waals surface area contributed by atoms with Crippen LogP contribution in [0.1, 0.15) is 41.2 Å². The topological polar surface area (TPSA) is 85.8 Å². The average Bonchev–Trinajstić information content (AvgIpc) is 3.18. The van der Waals surface area contributed by atoms with Crippen LogP contribution in [0.4, 0.5) is 0 Å².